The van der Waals surface area contributed by atoms with Crippen LogP contribution in [0.3, 0.4) is 0 Å². The van der Waals surface area contributed by atoms with E-state index >= 15 is 0 Å². The number of Topliss-reactive ketones (excluding diaryl/α,β-unsaturated/α-hetero) is 1. The zero-order valence-corrected chi connectivity index (χ0v) is 18.8. The summed E-state index contributed by atoms with van der Waals surface area (Å²) in [5.74, 6) is -0.872. The predicted molar refractivity (Wildman–Crippen MR) is 124 cm³/mol. The molecule has 0 radical (unpaired) electrons. The summed E-state index contributed by atoms with van der Waals surface area (Å²) in [6, 6.07) is 13.1. The molecule has 1 amide bonds. The number of amides is 1. The number of ketones is 1. The number of ether oxygens (including phenoxy) is 2. The Kier molecular flexibility index (Phi) is 5.87. The molecule has 1 saturated heterocycles. The number of anilines is 1. The molecule has 7 nitrogen and oxygen atoms in total. The molecule has 1 aliphatic rings. The lowest BCUT2D eigenvalue weighted by molar-refractivity contribution is -0.132. The van der Waals surface area contributed by atoms with E-state index in [4.69, 9.17) is 9.47 Å². The van der Waals surface area contributed by atoms with E-state index in [0.29, 0.717) is 28.3 Å². The second-order valence-electron chi connectivity index (χ2n) is 7.74. The Morgan fingerprint density at radius 2 is 1.67 bits per heavy atom. The molecule has 4 rings (SSSR count). The maximum Gasteiger partial charge on any atom is 0.300 e. The van der Waals surface area contributed by atoms with Crippen molar-refractivity contribution in [1.82, 2.24) is 4.98 Å². The number of benzene rings is 2. The number of nitrogens with zero attached hydrogens (tertiary/aromatic N) is 2. The van der Waals surface area contributed by atoms with Crippen LogP contribution < -0.4 is 14.4 Å². The SMILES string of the molecule is COc1ccc(/C(O)=C2\C(=O)C(=O)N(c3cccc(C)c3C)C2c2ccncc2)cc1OC. The van der Waals surface area contributed by atoms with Crippen molar-refractivity contribution in [3.05, 3.63) is 88.8 Å². The van der Waals surface area contributed by atoms with Crippen LogP contribution in [0.4, 0.5) is 5.69 Å². The summed E-state index contributed by atoms with van der Waals surface area (Å²) in [6.45, 7) is 3.85. The summed E-state index contributed by atoms with van der Waals surface area (Å²) in [4.78, 5) is 32.1. The van der Waals surface area contributed by atoms with Gasteiger partial charge in [-0.05, 0) is 66.9 Å². The molecule has 0 bridgehead atoms. The number of aliphatic hydroxyl groups excluding tert-OH is 1. The van der Waals surface area contributed by atoms with E-state index < -0.39 is 17.7 Å². The van der Waals surface area contributed by atoms with Crippen LogP contribution >= 0.6 is 0 Å². The molecule has 1 atom stereocenters. The Bertz CT molecular complexity index is 1270. The molecule has 168 valence electrons. The van der Waals surface area contributed by atoms with Gasteiger partial charge in [0.2, 0.25) is 0 Å². The highest BCUT2D eigenvalue weighted by Crippen LogP contribution is 2.44. The smallest absolute Gasteiger partial charge is 0.300 e. The number of methoxy groups -OCH3 is 2. The second kappa shape index (κ2) is 8.78. The van der Waals surface area contributed by atoms with E-state index in [0.717, 1.165) is 11.1 Å². The van der Waals surface area contributed by atoms with Crippen molar-refractivity contribution in [2.24, 2.45) is 0 Å². The summed E-state index contributed by atoms with van der Waals surface area (Å²) in [7, 11) is 2.99. The van der Waals surface area contributed by atoms with Crippen LogP contribution in [0.5, 0.6) is 11.5 Å². The van der Waals surface area contributed by atoms with Gasteiger partial charge in [0.25, 0.3) is 11.7 Å². The third-order valence-corrected chi connectivity index (χ3v) is 5.96. The van der Waals surface area contributed by atoms with Crippen molar-refractivity contribution in [2.75, 3.05) is 19.1 Å². The highest BCUT2D eigenvalue weighted by Gasteiger charge is 2.47. The lowest BCUT2D eigenvalue weighted by Crippen LogP contribution is -2.30. The zero-order chi connectivity index (χ0) is 23.7. The Morgan fingerprint density at radius 1 is 0.970 bits per heavy atom. The lowest BCUT2D eigenvalue weighted by Gasteiger charge is -2.27. The largest absolute Gasteiger partial charge is 0.507 e. The van der Waals surface area contributed by atoms with Gasteiger partial charge in [0, 0.05) is 23.6 Å². The Balaban J connectivity index is 1.96. The molecule has 1 fully saturated rings. The second-order valence-corrected chi connectivity index (χ2v) is 7.74. The minimum absolute atomic E-state index is 0.000624. The number of carbonyl (C=O) groups is 2. The van der Waals surface area contributed by atoms with E-state index in [2.05, 4.69) is 4.98 Å². The number of hydrogen-bond acceptors (Lipinski definition) is 6. The number of aryl methyl sites for hydroxylation is 1. The standard InChI is InChI=1S/C26H24N2O5/c1-15-6-5-7-19(16(15)2)28-23(17-10-12-27-13-11-17)22(25(30)26(28)31)24(29)18-8-9-20(32-3)21(14-18)33-4/h5-14,23,29H,1-4H3/b24-22+. The summed E-state index contributed by atoms with van der Waals surface area (Å²) >= 11 is 0. The van der Waals surface area contributed by atoms with E-state index in [1.807, 2.05) is 26.0 Å². The number of carbonyl (C=O) groups excluding carboxylic acids is 2. The number of aromatic nitrogens is 1. The molecular weight excluding hydrogens is 420 g/mol. The Morgan fingerprint density at radius 3 is 2.33 bits per heavy atom. The number of hydrogen-bond donors (Lipinski definition) is 1. The predicted octanol–water partition coefficient (Wildman–Crippen LogP) is 4.34. The number of pyridine rings is 1. The van der Waals surface area contributed by atoms with Crippen LogP contribution in [-0.2, 0) is 9.59 Å². The first kappa shape index (κ1) is 22.1. The van der Waals surface area contributed by atoms with E-state index in [1.54, 1.807) is 48.8 Å². The average molecular weight is 444 g/mol. The van der Waals surface area contributed by atoms with Gasteiger partial charge in [0.1, 0.15) is 5.76 Å². The monoisotopic (exact) mass is 444 g/mol. The normalized spacial score (nSPS) is 17.3. The minimum Gasteiger partial charge on any atom is -0.507 e. The van der Waals surface area contributed by atoms with Gasteiger partial charge in [-0.1, -0.05) is 12.1 Å². The molecule has 1 aliphatic heterocycles. The van der Waals surface area contributed by atoms with Gasteiger partial charge in [-0.25, -0.2) is 0 Å². The van der Waals surface area contributed by atoms with Crippen molar-refractivity contribution in [3.63, 3.8) is 0 Å². The molecule has 1 unspecified atom stereocenters. The summed E-state index contributed by atoms with van der Waals surface area (Å²) in [5.41, 5.74) is 3.48. The molecule has 2 heterocycles. The van der Waals surface area contributed by atoms with Crippen LogP contribution in [0.2, 0.25) is 0 Å². The average Bonchev–Trinajstić information content (AvgIpc) is 3.10. The van der Waals surface area contributed by atoms with Crippen LogP contribution in [0.1, 0.15) is 28.3 Å². The third kappa shape index (κ3) is 3.71. The first-order valence-corrected chi connectivity index (χ1v) is 10.4. The maximum absolute atomic E-state index is 13.3. The number of rotatable bonds is 5. The quantitative estimate of drug-likeness (QED) is 0.358. The van der Waals surface area contributed by atoms with Crippen molar-refractivity contribution in [3.8, 4) is 11.5 Å². The fourth-order valence-corrected chi connectivity index (χ4v) is 4.08. The molecule has 0 saturated carbocycles. The van der Waals surface area contributed by atoms with Gasteiger partial charge in [0.15, 0.2) is 11.5 Å². The van der Waals surface area contributed by atoms with Crippen LogP contribution in [0.15, 0.2) is 66.5 Å². The summed E-state index contributed by atoms with van der Waals surface area (Å²) < 4.78 is 10.6. The molecule has 1 aromatic heterocycles. The Hall–Kier alpha value is -4.13. The lowest BCUT2D eigenvalue weighted by atomic mass is 9.95. The van der Waals surface area contributed by atoms with E-state index in [1.165, 1.54) is 19.1 Å². The molecule has 3 aromatic rings. The third-order valence-electron chi connectivity index (χ3n) is 5.96. The first-order chi connectivity index (χ1) is 15.9. The fourth-order valence-electron chi connectivity index (χ4n) is 4.08. The molecule has 2 aromatic carbocycles. The van der Waals surface area contributed by atoms with Crippen molar-refractivity contribution in [1.29, 1.82) is 0 Å². The van der Waals surface area contributed by atoms with Crippen molar-refractivity contribution in [2.45, 2.75) is 19.9 Å². The molecule has 7 heteroatoms. The highest BCUT2D eigenvalue weighted by atomic mass is 16.5. The van der Waals surface area contributed by atoms with E-state index in [9.17, 15) is 14.7 Å². The summed E-state index contributed by atoms with van der Waals surface area (Å²) in [6.07, 6.45) is 3.18. The zero-order valence-electron chi connectivity index (χ0n) is 18.8. The summed E-state index contributed by atoms with van der Waals surface area (Å²) in [5, 5.41) is 11.3. The molecular formula is C26H24N2O5. The van der Waals surface area contributed by atoms with Crippen molar-refractivity contribution < 1.29 is 24.2 Å². The molecule has 1 N–H and O–H groups in total. The van der Waals surface area contributed by atoms with Gasteiger partial charge < -0.3 is 14.6 Å². The number of aliphatic hydroxyl groups is 1. The topological polar surface area (TPSA) is 89.0 Å². The molecule has 0 aliphatic carbocycles. The maximum atomic E-state index is 13.3. The molecule has 0 spiro atoms. The Labute approximate surface area is 191 Å². The van der Waals surface area contributed by atoms with Gasteiger partial charge in [-0.2, -0.15) is 0 Å². The van der Waals surface area contributed by atoms with Gasteiger partial charge in [0.05, 0.1) is 25.8 Å². The highest BCUT2D eigenvalue weighted by molar-refractivity contribution is 6.51. The van der Waals surface area contributed by atoms with Crippen LogP contribution in [0, 0.1) is 13.8 Å². The van der Waals surface area contributed by atoms with Crippen LogP contribution in [-0.4, -0.2) is 36.0 Å². The van der Waals surface area contributed by atoms with Crippen molar-refractivity contribution >= 4 is 23.1 Å². The fraction of sp³-hybridized carbons (Fsp3) is 0.192. The van der Waals surface area contributed by atoms with Gasteiger partial charge >= 0.3 is 0 Å². The van der Waals surface area contributed by atoms with Gasteiger partial charge in [-0.15, -0.1) is 0 Å². The van der Waals surface area contributed by atoms with E-state index in [-0.39, 0.29) is 11.3 Å². The minimum atomic E-state index is -0.818. The molecule has 33 heavy (non-hydrogen) atoms. The van der Waals surface area contributed by atoms with Crippen LogP contribution in [0.25, 0.3) is 5.76 Å². The van der Waals surface area contributed by atoms with Gasteiger partial charge in [-0.3, -0.25) is 19.5 Å². The first-order valence-electron chi connectivity index (χ1n) is 10.4.